The van der Waals surface area contributed by atoms with Crippen molar-refractivity contribution in [3.8, 4) is 0 Å². The minimum absolute atomic E-state index is 0.438. The Bertz CT molecular complexity index is 188. The lowest BCUT2D eigenvalue weighted by molar-refractivity contribution is -0.108. The second-order valence-corrected chi connectivity index (χ2v) is 3.13. The van der Waals surface area contributed by atoms with E-state index >= 15 is 0 Å². The highest BCUT2D eigenvalue weighted by atomic mass is 16.1. The lowest BCUT2D eigenvalue weighted by Gasteiger charge is -1.95. The van der Waals surface area contributed by atoms with Crippen LogP contribution in [0.1, 0.15) is 25.7 Å². The SMILES string of the molecule is NC/C=C/CCCC/C=C/C(N)C=O. The van der Waals surface area contributed by atoms with Crippen LogP contribution in [0, 0.1) is 0 Å². The van der Waals surface area contributed by atoms with Gasteiger partial charge in [-0.1, -0.05) is 24.3 Å². The largest absolute Gasteiger partial charge is 0.327 e. The highest BCUT2D eigenvalue weighted by Crippen LogP contribution is 2.01. The lowest BCUT2D eigenvalue weighted by atomic mass is 10.1. The highest BCUT2D eigenvalue weighted by Gasteiger charge is 1.89. The molecule has 0 aromatic rings. The van der Waals surface area contributed by atoms with Crippen LogP contribution in [-0.4, -0.2) is 18.9 Å². The maximum atomic E-state index is 10.1. The topological polar surface area (TPSA) is 69.1 Å². The maximum absolute atomic E-state index is 10.1. The molecule has 1 unspecified atom stereocenters. The third-order valence-corrected chi connectivity index (χ3v) is 1.81. The van der Waals surface area contributed by atoms with E-state index in [2.05, 4.69) is 6.08 Å². The summed E-state index contributed by atoms with van der Waals surface area (Å²) in [5, 5.41) is 0. The molecular weight excluding hydrogens is 176 g/mol. The van der Waals surface area contributed by atoms with Gasteiger partial charge in [0.2, 0.25) is 0 Å². The van der Waals surface area contributed by atoms with E-state index < -0.39 is 6.04 Å². The number of hydrogen-bond acceptors (Lipinski definition) is 3. The zero-order chi connectivity index (χ0) is 10.6. The molecule has 0 saturated heterocycles. The Morgan fingerprint density at radius 2 is 1.71 bits per heavy atom. The second-order valence-electron chi connectivity index (χ2n) is 3.13. The van der Waals surface area contributed by atoms with Gasteiger partial charge < -0.3 is 16.3 Å². The van der Waals surface area contributed by atoms with E-state index in [0.29, 0.717) is 6.54 Å². The van der Waals surface area contributed by atoms with Crippen molar-refractivity contribution in [3.05, 3.63) is 24.3 Å². The molecule has 1 atom stereocenters. The number of rotatable bonds is 8. The molecule has 0 aromatic carbocycles. The molecule has 14 heavy (non-hydrogen) atoms. The summed E-state index contributed by atoms with van der Waals surface area (Å²) in [5.41, 5.74) is 10.7. The summed E-state index contributed by atoms with van der Waals surface area (Å²) in [6.45, 7) is 0.619. The van der Waals surface area contributed by atoms with Crippen LogP contribution in [0.5, 0.6) is 0 Å². The zero-order valence-electron chi connectivity index (χ0n) is 8.56. The first-order valence-electron chi connectivity index (χ1n) is 5.04. The maximum Gasteiger partial charge on any atom is 0.140 e. The summed E-state index contributed by atoms with van der Waals surface area (Å²) in [6, 6.07) is -0.438. The van der Waals surface area contributed by atoms with Crippen LogP contribution in [-0.2, 0) is 4.79 Å². The van der Waals surface area contributed by atoms with Gasteiger partial charge >= 0.3 is 0 Å². The Morgan fingerprint density at radius 1 is 1.07 bits per heavy atom. The third-order valence-electron chi connectivity index (χ3n) is 1.81. The van der Waals surface area contributed by atoms with E-state index in [1.807, 2.05) is 12.2 Å². The van der Waals surface area contributed by atoms with Crippen LogP contribution >= 0.6 is 0 Å². The molecule has 0 bridgehead atoms. The molecule has 3 heteroatoms. The second kappa shape index (κ2) is 10.2. The molecule has 0 fully saturated rings. The number of carbonyl (C=O) groups excluding carboxylic acids is 1. The Kier molecular flexibility index (Phi) is 9.48. The van der Waals surface area contributed by atoms with E-state index in [9.17, 15) is 4.79 Å². The first kappa shape index (κ1) is 13.1. The fourth-order valence-corrected chi connectivity index (χ4v) is 1.04. The minimum atomic E-state index is -0.438. The number of hydrogen-bond donors (Lipinski definition) is 2. The Hall–Kier alpha value is -0.930. The van der Waals surface area contributed by atoms with Crippen molar-refractivity contribution in [3.63, 3.8) is 0 Å². The molecule has 0 aromatic heterocycles. The van der Waals surface area contributed by atoms with Crippen molar-refractivity contribution in [1.82, 2.24) is 0 Å². The number of nitrogens with two attached hydrogens (primary N) is 2. The number of allylic oxidation sites excluding steroid dienone is 2. The van der Waals surface area contributed by atoms with Crippen molar-refractivity contribution in [2.24, 2.45) is 11.5 Å². The van der Waals surface area contributed by atoms with Gasteiger partial charge in [-0.25, -0.2) is 0 Å². The summed E-state index contributed by atoms with van der Waals surface area (Å²) in [5.74, 6) is 0. The highest BCUT2D eigenvalue weighted by molar-refractivity contribution is 5.60. The van der Waals surface area contributed by atoms with E-state index in [0.717, 1.165) is 32.0 Å². The summed E-state index contributed by atoms with van der Waals surface area (Å²) >= 11 is 0. The first-order chi connectivity index (χ1) is 6.81. The first-order valence-corrected chi connectivity index (χ1v) is 5.04. The number of unbranched alkanes of at least 4 members (excludes halogenated alkanes) is 3. The summed E-state index contributed by atoms with van der Waals surface area (Å²) in [6.07, 6.45) is 12.8. The van der Waals surface area contributed by atoms with Gasteiger partial charge in [0.1, 0.15) is 6.29 Å². The van der Waals surface area contributed by atoms with E-state index in [1.54, 1.807) is 6.08 Å². The Labute approximate surface area is 85.9 Å². The fraction of sp³-hybridized carbons (Fsp3) is 0.545. The average Bonchev–Trinajstić information content (AvgIpc) is 2.21. The molecular formula is C11H20N2O. The van der Waals surface area contributed by atoms with Gasteiger partial charge in [0.25, 0.3) is 0 Å². The number of aldehydes is 1. The Morgan fingerprint density at radius 3 is 2.29 bits per heavy atom. The van der Waals surface area contributed by atoms with Crippen LogP contribution in [0.3, 0.4) is 0 Å². The van der Waals surface area contributed by atoms with Crippen LogP contribution in [0.4, 0.5) is 0 Å². The molecule has 0 spiro atoms. The average molecular weight is 196 g/mol. The molecule has 0 amide bonds. The quantitative estimate of drug-likeness (QED) is 0.347. The molecule has 0 rings (SSSR count). The standard InChI is InChI=1S/C11H20N2O/c12-9-7-5-3-1-2-4-6-8-11(13)10-14/h5-8,10-11H,1-4,9,12-13H2/b7-5+,8-6+. The number of carbonyl (C=O) groups is 1. The van der Waals surface area contributed by atoms with Crippen LogP contribution in [0.25, 0.3) is 0 Å². The molecule has 0 radical (unpaired) electrons. The molecule has 0 heterocycles. The Balaban J connectivity index is 3.25. The van der Waals surface area contributed by atoms with Crippen molar-refractivity contribution in [1.29, 1.82) is 0 Å². The van der Waals surface area contributed by atoms with Crippen molar-refractivity contribution >= 4 is 6.29 Å². The van der Waals surface area contributed by atoms with Gasteiger partial charge in [-0.05, 0) is 25.7 Å². The molecule has 3 nitrogen and oxygen atoms in total. The van der Waals surface area contributed by atoms with Gasteiger partial charge in [0.05, 0.1) is 6.04 Å². The van der Waals surface area contributed by atoms with Gasteiger partial charge in [-0.3, -0.25) is 0 Å². The van der Waals surface area contributed by atoms with E-state index in [4.69, 9.17) is 11.5 Å². The molecule has 0 aliphatic rings. The minimum Gasteiger partial charge on any atom is -0.327 e. The zero-order valence-corrected chi connectivity index (χ0v) is 8.56. The molecule has 0 aliphatic heterocycles. The van der Waals surface area contributed by atoms with Gasteiger partial charge in [0.15, 0.2) is 0 Å². The van der Waals surface area contributed by atoms with Crippen LogP contribution < -0.4 is 11.5 Å². The van der Waals surface area contributed by atoms with E-state index in [1.165, 1.54) is 0 Å². The van der Waals surface area contributed by atoms with E-state index in [-0.39, 0.29) is 0 Å². The van der Waals surface area contributed by atoms with Crippen molar-refractivity contribution < 1.29 is 4.79 Å². The predicted molar refractivity (Wildman–Crippen MR) is 59.8 cm³/mol. The molecule has 80 valence electrons. The summed E-state index contributed by atoms with van der Waals surface area (Å²) in [4.78, 5) is 10.1. The molecule has 0 aliphatic carbocycles. The van der Waals surface area contributed by atoms with Crippen LogP contribution in [0.2, 0.25) is 0 Å². The summed E-state index contributed by atoms with van der Waals surface area (Å²) in [7, 11) is 0. The smallest absolute Gasteiger partial charge is 0.140 e. The van der Waals surface area contributed by atoms with Crippen LogP contribution in [0.15, 0.2) is 24.3 Å². The fourth-order valence-electron chi connectivity index (χ4n) is 1.04. The molecule has 4 N–H and O–H groups in total. The van der Waals surface area contributed by atoms with Gasteiger partial charge in [0, 0.05) is 6.54 Å². The van der Waals surface area contributed by atoms with Gasteiger partial charge in [-0.15, -0.1) is 0 Å². The summed E-state index contributed by atoms with van der Waals surface area (Å²) < 4.78 is 0. The third kappa shape index (κ3) is 9.16. The van der Waals surface area contributed by atoms with Crippen molar-refractivity contribution in [2.75, 3.05) is 6.54 Å². The normalized spacial score (nSPS) is 13.9. The predicted octanol–water partition coefficient (Wildman–Crippen LogP) is 1.14. The van der Waals surface area contributed by atoms with Gasteiger partial charge in [-0.2, -0.15) is 0 Å². The van der Waals surface area contributed by atoms with Crippen molar-refractivity contribution in [2.45, 2.75) is 31.7 Å². The lowest BCUT2D eigenvalue weighted by Crippen LogP contribution is -2.17. The monoisotopic (exact) mass is 196 g/mol. The molecule has 0 saturated carbocycles.